The van der Waals surface area contributed by atoms with Gasteiger partial charge in [0.2, 0.25) is 0 Å². The van der Waals surface area contributed by atoms with Gasteiger partial charge in [0.1, 0.15) is 11.7 Å². The number of hydrogen-bond acceptors (Lipinski definition) is 5. The fraction of sp³-hybridized carbons (Fsp3) is 0.611. The number of rotatable bonds is 2. The van der Waals surface area contributed by atoms with Crippen molar-refractivity contribution in [1.82, 2.24) is 4.98 Å². The lowest BCUT2D eigenvalue weighted by atomic mass is 9.59. The van der Waals surface area contributed by atoms with Crippen LogP contribution in [-0.2, 0) is 15.9 Å². The van der Waals surface area contributed by atoms with Crippen LogP contribution in [0.15, 0.2) is 10.9 Å². The van der Waals surface area contributed by atoms with E-state index in [-0.39, 0.29) is 34.9 Å². The van der Waals surface area contributed by atoms with E-state index >= 15 is 0 Å². The fourth-order valence-electron chi connectivity index (χ4n) is 4.42. The number of pyridine rings is 1. The van der Waals surface area contributed by atoms with Gasteiger partial charge in [0.25, 0.3) is 5.56 Å². The topological polar surface area (TPSA) is 85.5 Å². The maximum Gasteiger partial charge on any atom is 0.344 e. The molecule has 2 fully saturated rings. The van der Waals surface area contributed by atoms with Crippen molar-refractivity contribution in [2.24, 2.45) is 11.3 Å². The summed E-state index contributed by atoms with van der Waals surface area (Å²) in [5.41, 5.74) is 0.254. The molecule has 0 spiro atoms. The Kier molecular flexibility index (Phi) is 3.42. The third-order valence-electron chi connectivity index (χ3n) is 5.70. The molecule has 3 aliphatic rings. The molecule has 6 heteroatoms. The van der Waals surface area contributed by atoms with Crippen LogP contribution in [0, 0.1) is 11.3 Å². The van der Waals surface area contributed by atoms with E-state index in [1.165, 1.54) is 6.07 Å². The number of hydrogen-bond donors (Lipinski definition) is 1. The number of esters is 1. The van der Waals surface area contributed by atoms with Gasteiger partial charge in [0.15, 0.2) is 5.78 Å². The van der Waals surface area contributed by atoms with Crippen molar-refractivity contribution in [3.63, 3.8) is 0 Å². The van der Waals surface area contributed by atoms with Gasteiger partial charge >= 0.3 is 5.97 Å². The Labute approximate surface area is 139 Å². The molecule has 1 aromatic heterocycles. The summed E-state index contributed by atoms with van der Waals surface area (Å²) in [6.07, 6.45) is 2.55. The molecule has 6 nitrogen and oxygen atoms in total. The van der Waals surface area contributed by atoms with E-state index in [0.717, 1.165) is 12.8 Å². The number of aryl methyl sites for hydroxylation is 1. The average Bonchev–Trinajstić information content (AvgIpc) is 2.99. The van der Waals surface area contributed by atoms with Crippen molar-refractivity contribution in [2.45, 2.75) is 51.7 Å². The Morgan fingerprint density at radius 2 is 2.12 bits per heavy atom. The van der Waals surface area contributed by atoms with Crippen molar-refractivity contribution >= 4 is 11.8 Å². The minimum atomic E-state index is -0.652. The van der Waals surface area contributed by atoms with Crippen molar-refractivity contribution in [3.8, 4) is 0 Å². The van der Waals surface area contributed by atoms with Gasteiger partial charge in [-0.15, -0.1) is 0 Å². The molecular formula is C18H21NO5. The van der Waals surface area contributed by atoms with E-state index in [4.69, 9.17) is 9.47 Å². The van der Waals surface area contributed by atoms with E-state index in [2.05, 4.69) is 4.98 Å². The van der Waals surface area contributed by atoms with Crippen molar-refractivity contribution < 1.29 is 19.1 Å². The summed E-state index contributed by atoms with van der Waals surface area (Å²) in [5, 5.41) is 0. The predicted octanol–water partition coefficient (Wildman–Crippen LogP) is 1.86. The highest BCUT2D eigenvalue weighted by Crippen LogP contribution is 2.53. The Bertz CT molecular complexity index is 778. The number of fused-ring (bicyclic) bond motifs is 2. The number of ketones is 1. The first-order chi connectivity index (χ1) is 11.4. The second kappa shape index (κ2) is 5.28. The van der Waals surface area contributed by atoms with Crippen LogP contribution in [0.3, 0.4) is 0 Å². The van der Waals surface area contributed by atoms with E-state index < -0.39 is 11.5 Å². The first kappa shape index (κ1) is 15.6. The van der Waals surface area contributed by atoms with Crippen LogP contribution in [0.2, 0.25) is 0 Å². The summed E-state index contributed by atoms with van der Waals surface area (Å²) < 4.78 is 11.4. The molecule has 3 atom stereocenters. The van der Waals surface area contributed by atoms with E-state index in [0.29, 0.717) is 30.7 Å². The number of H-pyrrole nitrogens is 1. The number of aromatic amines is 1. The Hall–Kier alpha value is -1.95. The Balaban J connectivity index is 1.60. The van der Waals surface area contributed by atoms with Crippen molar-refractivity contribution in [2.75, 3.05) is 6.61 Å². The number of carbonyl (C=O) groups is 2. The second-order valence-electron chi connectivity index (χ2n) is 7.57. The lowest BCUT2D eigenvalue weighted by molar-refractivity contribution is -0.183. The maximum atomic E-state index is 12.5. The monoisotopic (exact) mass is 331 g/mol. The van der Waals surface area contributed by atoms with Gasteiger partial charge in [-0.2, -0.15) is 0 Å². The zero-order valence-corrected chi connectivity index (χ0v) is 13.9. The van der Waals surface area contributed by atoms with Crippen LogP contribution in [0.4, 0.5) is 0 Å². The fourth-order valence-corrected chi connectivity index (χ4v) is 4.42. The van der Waals surface area contributed by atoms with Crippen LogP contribution >= 0.6 is 0 Å². The average molecular weight is 331 g/mol. The number of carbonyl (C=O) groups excluding carboxylic acids is 2. The van der Waals surface area contributed by atoms with Gasteiger partial charge in [-0.3, -0.25) is 9.59 Å². The molecule has 1 N–H and O–H groups in total. The highest BCUT2D eigenvalue weighted by molar-refractivity contribution is 6.00. The molecule has 0 unspecified atom stereocenters. The van der Waals surface area contributed by atoms with Gasteiger partial charge in [-0.05, 0) is 25.3 Å². The normalized spacial score (nSPS) is 30.2. The highest BCUT2D eigenvalue weighted by atomic mass is 16.6. The molecule has 1 saturated heterocycles. The number of aromatic nitrogens is 1. The Morgan fingerprint density at radius 3 is 2.92 bits per heavy atom. The van der Waals surface area contributed by atoms with Gasteiger partial charge in [-0.25, -0.2) is 4.79 Å². The van der Waals surface area contributed by atoms with Crippen LogP contribution in [-0.4, -0.2) is 35.6 Å². The molecule has 1 saturated carbocycles. The molecule has 24 heavy (non-hydrogen) atoms. The summed E-state index contributed by atoms with van der Waals surface area (Å²) in [5.74, 6) is -0.488. The smallest absolute Gasteiger partial charge is 0.344 e. The largest absolute Gasteiger partial charge is 0.458 e. The Morgan fingerprint density at radius 1 is 1.33 bits per heavy atom. The molecule has 1 aliphatic heterocycles. The highest BCUT2D eigenvalue weighted by Gasteiger charge is 2.61. The standard InChI is InChI=1S/C18H21NO5/c1-18(2)14-9(6-7-23-14)15(18)24-17(22)11-8-10-12(19-16(11)21)4-3-5-13(10)20/h8-9,14-15H,3-7H2,1-2H3,(H,19,21)/t9-,14+,15-/m0/s1. The number of nitrogens with one attached hydrogen (secondary N) is 1. The molecule has 128 valence electrons. The SMILES string of the molecule is CC1(C)[C@@H]2OCC[C@@H]2[C@@H]1OC(=O)c1cc2c([nH]c1=O)CCCC2=O. The summed E-state index contributed by atoms with van der Waals surface area (Å²) in [6.45, 7) is 4.71. The first-order valence-corrected chi connectivity index (χ1v) is 8.51. The molecule has 0 aromatic carbocycles. The number of Topliss-reactive ketones (excluding diaryl/α,β-unsaturated/α-hetero) is 1. The molecule has 1 aromatic rings. The third kappa shape index (κ3) is 2.16. The summed E-state index contributed by atoms with van der Waals surface area (Å²) in [4.78, 5) is 39.5. The van der Waals surface area contributed by atoms with E-state index in [1.54, 1.807) is 0 Å². The summed E-state index contributed by atoms with van der Waals surface area (Å²) >= 11 is 0. The zero-order valence-electron chi connectivity index (χ0n) is 13.9. The molecule has 2 heterocycles. The maximum absolute atomic E-state index is 12.5. The molecule has 2 aliphatic carbocycles. The molecule has 0 amide bonds. The predicted molar refractivity (Wildman–Crippen MR) is 85.2 cm³/mol. The van der Waals surface area contributed by atoms with Crippen molar-refractivity contribution in [3.05, 3.63) is 33.2 Å². The van der Waals surface area contributed by atoms with Crippen LogP contribution in [0.5, 0.6) is 0 Å². The lowest BCUT2D eigenvalue weighted by Crippen LogP contribution is -2.61. The molecule has 0 bridgehead atoms. The third-order valence-corrected chi connectivity index (χ3v) is 5.70. The van der Waals surface area contributed by atoms with E-state index in [9.17, 15) is 14.4 Å². The van der Waals surface area contributed by atoms with Crippen LogP contribution < -0.4 is 5.56 Å². The quantitative estimate of drug-likeness (QED) is 0.836. The lowest BCUT2D eigenvalue weighted by Gasteiger charge is -2.53. The molecule has 0 radical (unpaired) electrons. The first-order valence-electron chi connectivity index (χ1n) is 8.51. The second-order valence-corrected chi connectivity index (χ2v) is 7.57. The molecule has 4 rings (SSSR count). The number of ether oxygens (including phenoxy) is 2. The summed E-state index contributed by atoms with van der Waals surface area (Å²) in [6, 6.07) is 1.41. The van der Waals surface area contributed by atoms with Crippen LogP contribution in [0.1, 0.15) is 59.5 Å². The van der Waals surface area contributed by atoms with Crippen molar-refractivity contribution in [1.29, 1.82) is 0 Å². The van der Waals surface area contributed by atoms with Gasteiger partial charge < -0.3 is 14.5 Å². The minimum absolute atomic E-state index is 0.0326. The van der Waals surface area contributed by atoms with E-state index in [1.807, 2.05) is 13.8 Å². The minimum Gasteiger partial charge on any atom is -0.458 e. The summed E-state index contributed by atoms with van der Waals surface area (Å²) in [7, 11) is 0. The molecular weight excluding hydrogens is 310 g/mol. The van der Waals surface area contributed by atoms with Gasteiger partial charge in [0.05, 0.1) is 6.10 Å². The van der Waals surface area contributed by atoms with Gasteiger partial charge in [-0.1, -0.05) is 13.8 Å². The van der Waals surface area contributed by atoms with Crippen LogP contribution in [0.25, 0.3) is 0 Å². The van der Waals surface area contributed by atoms with Gasteiger partial charge in [0, 0.05) is 35.6 Å². The zero-order chi connectivity index (χ0) is 17.1.